The van der Waals surface area contributed by atoms with Gasteiger partial charge in [-0.2, -0.15) is 0 Å². The average Bonchev–Trinajstić information content (AvgIpc) is 2.30. The molecule has 0 aliphatic carbocycles. The Morgan fingerprint density at radius 2 is 2.12 bits per heavy atom. The summed E-state index contributed by atoms with van der Waals surface area (Å²) in [5, 5.41) is 13.2. The van der Waals surface area contributed by atoms with Crippen LogP contribution in [0.3, 0.4) is 0 Å². The van der Waals surface area contributed by atoms with Crippen LogP contribution in [0.25, 0.3) is 0 Å². The third kappa shape index (κ3) is 4.65. The molecule has 0 heterocycles. The lowest BCUT2D eigenvalue weighted by Gasteiger charge is -2.10. The molecule has 0 aliphatic rings. The van der Waals surface area contributed by atoms with Gasteiger partial charge in [0, 0.05) is 12.1 Å². The Morgan fingerprint density at radius 3 is 2.76 bits per heavy atom. The molecule has 2 N–H and O–H groups in total. The van der Waals surface area contributed by atoms with Crippen molar-refractivity contribution in [3.8, 4) is 11.5 Å². The number of rotatable bonds is 7. The zero-order chi connectivity index (χ0) is 12.7. The molecule has 0 amide bonds. The first kappa shape index (κ1) is 13.8. The standard InChI is InChI=1S/C14H23NO2/c1-11(2)6-5-9-15-10-12-7-4-8-13(17-3)14(12)16/h4,7-8,11,15-16H,5-6,9-10H2,1-3H3. The molecule has 1 rings (SSSR count). The van der Waals surface area contributed by atoms with E-state index in [2.05, 4.69) is 19.2 Å². The Morgan fingerprint density at radius 1 is 1.35 bits per heavy atom. The third-order valence-electron chi connectivity index (χ3n) is 2.75. The van der Waals surface area contributed by atoms with Crippen LogP contribution in [-0.2, 0) is 6.54 Å². The number of methoxy groups -OCH3 is 1. The molecule has 0 fully saturated rings. The molecular formula is C14H23NO2. The first-order valence-corrected chi connectivity index (χ1v) is 6.20. The first-order chi connectivity index (χ1) is 8.15. The molecule has 0 saturated carbocycles. The molecule has 96 valence electrons. The van der Waals surface area contributed by atoms with E-state index in [1.807, 2.05) is 12.1 Å². The van der Waals surface area contributed by atoms with E-state index in [0.29, 0.717) is 12.3 Å². The molecule has 1 aromatic carbocycles. The quantitative estimate of drug-likeness (QED) is 0.716. The Balaban J connectivity index is 2.36. The Labute approximate surface area is 104 Å². The molecule has 0 bridgehead atoms. The van der Waals surface area contributed by atoms with Gasteiger partial charge in [0.05, 0.1) is 7.11 Å². The molecule has 0 atom stereocenters. The van der Waals surface area contributed by atoms with Crippen LogP contribution in [-0.4, -0.2) is 18.8 Å². The lowest BCUT2D eigenvalue weighted by Crippen LogP contribution is -2.15. The summed E-state index contributed by atoms with van der Waals surface area (Å²) in [6.07, 6.45) is 2.40. The zero-order valence-electron chi connectivity index (χ0n) is 11.0. The molecule has 3 heteroatoms. The SMILES string of the molecule is COc1cccc(CNCCCC(C)C)c1O. The highest BCUT2D eigenvalue weighted by atomic mass is 16.5. The van der Waals surface area contributed by atoms with E-state index in [1.165, 1.54) is 12.8 Å². The fourth-order valence-corrected chi connectivity index (χ4v) is 1.73. The minimum atomic E-state index is 0.242. The summed E-state index contributed by atoms with van der Waals surface area (Å²) in [7, 11) is 1.56. The number of phenols is 1. The van der Waals surface area contributed by atoms with E-state index >= 15 is 0 Å². The molecule has 0 spiro atoms. The van der Waals surface area contributed by atoms with Crippen molar-refractivity contribution in [2.24, 2.45) is 5.92 Å². The predicted octanol–water partition coefficient (Wildman–Crippen LogP) is 2.93. The normalized spacial score (nSPS) is 10.8. The van der Waals surface area contributed by atoms with Crippen molar-refractivity contribution in [1.29, 1.82) is 0 Å². The van der Waals surface area contributed by atoms with Crippen molar-refractivity contribution in [3.05, 3.63) is 23.8 Å². The van der Waals surface area contributed by atoms with Gasteiger partial charge in [-0.3, -0.25) is 0 Å². The topological polar surface area (TPSA) is 41.5 Å². The van der Waals surface area contributed by atoms with Crippen LogP contribution in [0.2, 0.25) is 0 Å². The number of phenolic OH excluding ortho intramolecular Hbond substituents is 1. The van der Waals surface area contributed by atoms with Crippen LogP contribution in [0.4, 0.5) is 0 Å². The highest BCUT2D eigenvalue weighted by Gasteiger charge is 2.06. The summed E-state index contributed by atoms with van der Waals surface area (Å²) >= 11 is 0. The van der Waals surface area contributed by atoms with Crippen LogP contribution >= 0.6 is 0 Å². The molecular weight excluding hydrogens is 214 g/mol. The molecule has 0 aromatic heterocycles. The predicted molar refractivity (Wildman–Crippen MR) is 70.4 cm³/mol. The molecule has 1 aromatic rings. The second-order valence-corrected chi connectivity index (χ2v) is 4.68. The first-order valence-electron chi connectivity index (χ1n) is 6.20. The summed E-state index contributed by atoms with van der Waals surface area (Å²) < 4.78 is 5.07. The van der Waals surface area contributed by atoms with E-state index in [-0.39, 0.29) is 5.75 Å². The van der Waals surface area contributed by atoms with Crippen molar-refractivity contribution in [2.45, 2.75) is 33.2 Å². The van der Waals surface area contributed by atoms with Crippen molar-refractivity contribution < 1.29 is 9.84 Å². The fraction of sp³-hybridized carbons (Fsp3) is 0.571. The van der Waals surface area contributed by atoms with Gasteiger partial charge in [-0.05, 0) is 31.4 Å². The van der Waals surface area contributed by atoms with Crippen LogP contribution in [0.5, 0.6) is 11.5 Å². The smallest absolute Gasteiger partial charge is 0.162 e. The second kappa shape index (κ2) is 7.17. The van der Waals surface area contributed by atoms with E-state index < -0.39 is 0 Å². The summed E-state index contributed by atoms with van der Waals surface area (Å²) in [6, 6.07) is 5.56. The van der Waals surface area contributed by atoms with E-state index in [0.717, 1.165) is 18.0 Å². The average molecular weight is 237 g/mol. The van der Waals surface area contributed by atoms with Gasteiger partial charge in [-0.15, -0.1) is 0 Å². The van der Waals surface area contributed by atoms with Gasteiger partial charge in [-0.25, -0.2) is 0 Å². The van der Waals surface area contributed by atoms with Gasteiger partial charge in [-0.1, -0.05) is 26.0 Å². The monoisotopic (exact) mass is 237 g/mol. The van der Waals surface area contributed by atoms with Crippen molar-refractivity contribution in [1.82, 2.24) is 5.32 Å². The highest BCUT2D eigenvalue weighted by molar-refractivity contribution is 5.45. The summed E-state index contributed by atoms with van der Waals surface area (Å²) in [4.78, 5) is 0. The maximum atomic E-state index is 9.87. The molecule has 17 heavy (non-hydrogen) atoms. The van der Waals surface area contributed by atoms with Crippen molar-refractivity contribution in [3.63, 3.8) is 0 Å². The summed E-state index contributed by atoms with van der Waals surface area (Å²) in [5.74, 6) is 1.53. The molecule has 0 radical (unpaired) electrons. The third-order valence-corrected chi connectivity index (χ3v) is 2.75. The highest BCUT2D eigenvalue weighted by Crippen LogP contribution is 2.28. The number of aromatic hydroxyl groups is 1. The van der Waals surface area contributed by atoms with Gasteiger partial charge in [0.25, 0.3) is 0 Å². The Kier molecular flexibility index (Phi) is 5.84. The van der Waals surface area contributed by atoms with Crippen LogP contribution in [0.1, 0.15) is 32.3 Å². The summed E-state index contributed by atoms with van der Waals surface area (Å²) in [5.41, 5.74) is 0.883. The van der Waals surface area contributed by atoms with Gasteiger partial charge >= 0.3 is 0 Å². The van der Waals surface area contributed by atoms with E-state index in [4.69, 9.17) is 4.74 Å². The van der Waals surface area contributed by atoms with Crippen molar-refractivity contribution in [2.75, 3.05) is 13.7 Å². The molecule has 0 unspecified atom stereocenters. The number of hydrogen-bond donors (Lipinski definition) is 2. The minimum Gasteiger partial charge on any atom is -0.504 e. The number of hydrogen-bond acceptors (Lipinski definition) is 3. The van der Waals surface area contributed by atoms with Gasteiger partial charge in [0.1, 0.15) is 0 Å². The minimum absolute atomic E-state index is 0.242. The Bertz CT molecular complexity index is 337. The van der Waals surface area contributed by atoms with Gasteiger partial charge in [0.2, 0.25) is 0 Å². The lowest BCUT2D eigenvalue weighted by molar-refractivity contribution is 0.369. The molecule has 3 nitrogen and oxygen atoms in total. The van der Waals surface area contributed by atoms with Gasteiger partial charge < -0.3 is 15.2 Å². The number of para-hydroxylation sites is 1. The van der Waals surface area contributed by atoms with Crippen LogP contribution < -0.4 is 10.1 Å². The zero-order valence-corrected chi connectivity index (χ0v) is 11.0. The number of nitrogens with one attached hydrogen (secondary N) is 1. The van der Waals surface area contributed by atoms with Gasteiger partial charge in [0.15, 0.2) is 11.5 Å². The Hall–Kier alpha value is -1.22. The van der Waals surface area contributed by atoms with Crippen LogP contribution in [0, 0.1) is 5.92 Å². The lowest BCUT2D eigenvalue weighted by atomic mass is 10.1. The summed E-state index contributed by atoms with van der Waals surface area (Å²) in [6.45, 7) is 6.12. The second-order valence-electron chi connectivity index (χ2n) is 4.68. The molecule has 0 saturated heterocycles. The van der Waals surface area contributed by atoms with Crippen LogP contribution in [0.15, 0.2) is 18.2 Å². The number of ether oxygens (including phenoxy) is 1. The van der Waals surface area contributed by atoms with E-state index in [1.54, 1.807) is 13.2 Å². The number of benzene rings is 1. The maximum Gasteiger partial charge on any atom is 0.162 e. The van der Waals surface area contributed by atoms with Crippen molar-refractivity contribution >= 4 is 0 Å². The van der Waals surface area contributed by atoms with E-state index in [9.17, 15) is 5.11 Å². The molecule has 0 aliphatic heterocycles. The maximum absolute atomic E-state index is 9.87. The fourth-order valence-electron chi connectivity index (χ4n) is 1.73. The largest absolute Gasteiger partial charge is 0.504 e.